The molecule has 1 saturated heterocycles. The van der Waals surface area contributed by atoms with Crippen molar-refractivity contribution in [3.05, 3.63) is 76.4 Å². The number of imidazole rings is 1. The van der Waals surface area contributed by atoms with Crippen molar-refractivity contribution in [2.75, 3.05) is 55.3 Å². The van der Waals surface area contributed by atoms with Crippen molar-refractivity contribution >= 4 is 45.5 Å². The highest BCUT2D eigenvalue weighted by Crippen LogP contribution is 2.37. The normalized spacial score (nSPS) is 16.5. The molecule has 0 bridgehead atoms. The van der Waals surface area contributed by atoms with Crippen molar-refractivity contribution in [2.45, 2.75) is 13.0 Å². The molecule has 0 spiro atoms. The van der Waals surface area contributed by atoms with E-state index in [4.69, 9.17) is 0 Å². The molecule has 2 aromatic carbocycles. The van der Waals surface area contributed by atoms with Gasteiger partial charge in [-0.15, -0.1) is 0 Å². The fourth-order valence-electron chi connectivity index (χ4n) is 5.05. The van der Waals surface area contributed by atoms with E-state index >= 15 is 4.39 Å². The van der Waals surface area contributed by atoms with E-state index in [1.807, 2.05) is 22.7 Å². The fourth-order valence-corrected chi connectivity index (χ4v) is 5.05. The number of rotatable bonds is 7. The number of nitrogens with one attached hydrogen (secondary N) is 3. The number of carbonyl (C=O) groups is 1. The zero-order chi connectivity index (χ0) is 27.8. The summed E-state index contributed by atoms with van der Waals surface area (Å²) in [6.45, 7) is 4.24. The Labute approximate surface area is 228 Å². The first-order valence-corrected chi connectivity index (χ1v) is 13.1. The second-order valence-corrected chi connectivity index (χ2v) is 10.0. The Morgan fingerprint density at radius 1 is 1.07 bits per heavy atom. The summed E-state index contributed by atoms with van der Waals surface area (Å²) >= 11 is 0. The number of aromatic amines is 1. The highest BCUT2D eigenvalue weighted by atomic mass is 19.1. The monoisotopic (exact) mass is 546 g/mol. The van der Waals surface area contributed by atoms with Crippen LogP contribution in [0.15, 0.2) is 47.8 Å². The number of benzene rings is 2. The highest BCUT2D eigenvalue weighted by molar-refractivity contribution is 6.35. The molecule has 12 heteroatoms. The lowest BCUT2D eigenvalue weighted by Gasteiger charge is -2.34. The number of H-pyrrole nitrogens is 1. The van der Waals surface area contributed by atoms with Gasteiger partial charge in [-0.05, 0) is 43.8 Å². The van der Waals surface area contributed by atoms with Crippen LogP contribution in [-0.4, -0.2) is 70.1 Å². The van der Waals surface area contributed by atoms with Crippen LogP contribution in [0.1, 0.15) is 17.8 Å². The Morgan fingerprint density at radius 3 is 2.67 bits per heavy atom. The number of anilines is 3. The number of aromatic nitrogens is 4. The lowest BCUT2D eigenvalue weighted by Crippen LogP contribution is -2.44. The molecule has 0 saturated carbocycles. The molecule has 40 heavy (non-hydrogen) atoms. The van der Waals surface area contributed by atoms with Gasteiger partial charge in [-0.2, -0.15) is 0 Å². The van der Waals surface area contributed by atoms with E-state index in [-0.39, 0.29) is 28.0 Å². The maximum Gasteiger partial charge on any atom is 0.259 e. The first kappa shape index (κ1) is 25.7. The second kappa shape index (κ2) is 10.5. The molecule has 0 aliphatic carbocycles. The molecule has 2 aromatic heterocycles. The minimum absolute atomic E-state index is 0.0859. The molecule has 6 rings (SSSR count). The van der Waals surface area contributed by atoms with Crippen LogP contribution in [0.3, 0.4) is 0 Å². The van der Waals surface area contributed by atoms with Gasteiger partial charge < -0.3 is 30.0 Å². The maximum absolute atomic E-state index is 15.2. The van der Waals surface area contributed by atoms with Crippen LogP contribution in [0, 0.1) is 11.6 Å². The summed E-state index contributed by atoms with van der Waals surface area (Å²) in [7, 11) is 2.03. The molecule has 1 amide bonds. The quantitative estimate of drug-likeness (QED) is 0.241. The summed E-state index contributed by atoms with van der Waals surface area (Å²) in [5.74, 6) is -1.31. The van der Waals surface area contributed by atoms with Crippen LogP contribution in [-0.2, 0) is 11.3 Å². The molecule has 4 aromatic rings. The predicted octanol–water partition coefficient (Wildman–Crippen LogP) is 3.14. The molecule has 2 aliphatic rings. The molecule has 0 atom stereocenters. The number of piperazine rings is 1. The lowest BCUT2D eigenvalue weighted by atomic mass is 10.0. The number of halogens is 2. The number of likely N-dealkylation sites (N-methyl/N-ethyl adjacent to an activating group) is 1. The van der Waals surface area contributed by atoms with E-state index in [0.717, 1.165) is 32.1 Å². The van der Waals surface area contributed by atoms with Gasteiger partial charge >= 0.3 is 0 Å². The van der Waals surface area contributed by atoms with E-state index in [1.54, 1.807) is 18.6 Å². The average Bonchev–Trinajstić information content (AvgIpc) is 3.55. The van der Waals surface area contributed by atoms with Crippen LogP contribution in [0.4, 0.5) is 25.8 Å². The Balaban J connectivity index is 1.26. The number of hydrogen-bond donors (Lipinski definition) is 3. The van der Waals surface area contributed by atoms with Crippen LogP contribution in [0.2, 0.25) is 0 Å². The van der Waals surface area contributed by atoms with Crippen LogP contribution in [0.25, 0.3) is 22.6 Å². The van der Waals surface area contributed by atoms with E-state index < -0.39 is 23.1 Å². The SMILES string of the molecule is CN1CCN(c2cc3c(cc2F)/C(=C/c2nc4cc(NCCCn5ccnc5)c(F)cc4c(=O)[nH]2)C(=O)N3)CC1. The van der Waals surface area contributed by atoms with Crippen molar-refractivity contribution in [3.8, 4) is 0 Å². The summed E-state index contributed by atoms with van der Waals surface area (Å²) in [5, 5.41) is 5.93. The third kappa shape index (κ3) is 5.05. The fraction of sp³-hybridized carbons (Fsp3) is 0.286. The molecule has 4 heterocycles. The topological polar surface area (TPSA) is 111 Å². The van der Waals surface area contributed by atoms with Gasteiger partial charge in [-0.3, -0.25) is 9.59 Å². The zero-order valence-electron chi connectivity index (χ0n) is 21.9. The standard InChI is InChI=1S/C28H28F2N8O2/c1-36-7-9-38(10-8-36)25-15-23-17(11-21(25)30)18(27(39)34-23)13-26-33-22-14-24(20(29)12-19(22)28(40)35-26)32-3-2-5-37-6-4-31-16-37/h4,6,11-16,32H,2-3,5,7-10H2,1H3,(H,34,39)(H,33,35,40)/b18-13-. The van der Waals surface area contributed by atoms with Crippen LogP contribution >= 0.6 is 0 Å². The van der Waals surface area contributed by atoms with Crippen molar-refractivity contribution in [1.82, 2.24) is 24.4 Å². The maximum atomic E-state index is 15.2. The molecule has 0 unspecified atom stereocenters. The number of carbonyl (C=O) groups excluding carboxylic acids is 1. The second-order valence-electron chi connectivity index (χ2n) is 10.0. The molecule has 0 radical (unpaired) electrons. The van der Waals surface area contributed by atoms with Gasteiger partial charge in [0.1, 0.15) is 17.5 Å². The average molecular weight is 547 g/mol. The van der Waals surface area contributed by atoms with Gasteiger partial charge in [0.05, 0.1) is 39.9 Å². The minimum Gasteiger partial charge on any atom is -0.383 e. The van der Waals surface area contributed by atoms with E-state index in [9.17, 15) is 14.0 Å². The van der Waals surface area contributed by atoms with Crippen LogP contribution < -0.4 is 21.1 Å². The third-order valence-electron chi connectivity index (χ3n) is 7.28. The van der Waals surface area contributed by atoms with Crippen molar-refractivity contribution in [2.24, 2.45) is 0 Å². The molecule has 3 N–H and O–H groups in total. The van der Waals surface area contributed by atoms with Crippen molar-refractivity contribution in [1.29, 1.82) is 0 Å². The Kier molecular flexibility index (Phi) is 6.76. The molecule has 1 fully saturated rings. The molecule has 2 aliphatic heterocycles. The highest BCUT2D eigenvalue weighted by Gasteiger charge is 2.28. The molecule has 206 valence electrons. The summed E-state index contributed by atoms with van der Waals surface area (Å²) in [6, 6.07) is 5.61. The Morgan fingerprint density at radius 2 is 1.90 bits per heavy atom. The molecule has 10 nitrogen and oxygen atoms in total. The van der Waals surface area contributed by atoms with Gasteiger partial charge in [0.25, 0.3) is 11.5 Å². The zero-order valence-corrected chi connectivity index (χ0v) is 21.9. The number of hydrogen-bond acceptors (Lipinski definition) is 7. The van der Waals surface area contributed by atoms with Gasteiger partial charge in [0.2, 0.25) is 0 Å². The van der Waals surface area contributed by atoms with Gasteiger partial charge in [0, 0.05) is 57.2 Å². The minimum atomic E-state index is -0.565. The largest absolute Gasteiger partial charge is 0.383 e. The number of nitrogens with zero attached hydrogens (tertiary/aromatic N) is 5. The van der Waals surface area contributed by atoms with E-state index in [1.165, 1.54) is 18.2 Å². The smallest absolute Gasteiger partial charge is 0.259 e. The summed E-state index contributed by atoms with van der Waals surface area (Å²) in [6.07, 6.45) is 7.41. The van der Waals surface area contributed by atoms with E-state index in [0.29, 0.717) is 36.6 Å². The number of aryl methyl sites for hydroxylation is 1. The van der Waals surface area contributed by atoms with Crippen molar-refractivity contribution < 1.29 is 13.6 Å². The first-order chi connectivity index (χ1) is 19.4. The molecular formula is C28H28F2N8O2. The Hall–Kier alpha value is -4.58. The number of amides is 1. The van der Waals surface area contributed by atoms with Gasteiger partial charge in [-0.1, -0.05) is 0 Å². The van der Waals surface area contributed by atoms with E-state index in [2.05, 4.69) is 30.5 Å². The van der Waals surface area contributed by atoms with Gasteiger partial charge in [0.15, 0.2) is 0 Å². The number of fused-ring (bicyclic) bond motifs is 2. The first-order valence-electron chi connectivity index (χ1n) is 13.1. The van der Waals surface area contributed by atoms with Crippen molar-refractivity contribution in [3.63, 3.8) is 0 Å². The predicted molar refractivity (Wildman–Crippen MR) is 150 cm³/mol. The third-order valence-corrected chi connectivity index (χ3v) is 7.28. The summed E-state index contributed by atoms with van der Waals surface area (Å²) in [4.78, 5) is 40.8. The lowest BCUT2D eigenvalue weighted by molar-refractivity contribution is -0.110. The Bertz CT molecular complexity index is 1670. The summed E-state index contributed by atoms with van der Waals surface area (Å²) in [5.41, 5.74) is 1.46. The van der Waals surface area contributed by atoms with Crippen LogP contribution in [0.5, 0.6) is 0 Å². The van der Waals surface area contributed by atoms with Gasteiger partial charge in [-0.25, -0.2) is 18.7 Å². The molecular weight excluding hydrogens is 518 g/mol. The summed E-state index contributed by atoms with van der Waals surface area (Å²) < 4.78 is 31.8.